The number of allylic oxidation sites excluding steroid dienone is 1. The van der Waals surface area contributed by atoms with Crippen LogP contribution in [0, 0.1) is 5.92 Å². The molecule has 0 aromatic carbocycles. The molecular weight excluding hydrogens is 304 g/mol. The van der Waals surface area contributed by atoms with Gasteiger partial charge < -0.3 is 16.0 Å². The molecule has 1 amide bonds. The highest BCUT2D eigenvalue weighted by Gasteiger charge is 2.27. The van der Waals surface area contributed by atoms with E-state index in [0.717, 1.165) is 38.5 Å². The first-order chi connectivity index (χ1) is 11.6. The summed E-state index contributed by atoms with van der Waals surface area (Å²) in [6.07, 6.45) is 11.5. The van der Waals surface area contributed by atoms with Gasteiger partial charge in [0.05, 0.1) is 24.6 Å². The first-order valence-electron chi connectivity index (χ1n) is 8.80. The molecule has 1 heterocycles. The Bertz CT molecular complexity index is 505. The van der Waals surface area contributed by atoms with Gasteiger partial charge in [0, 0.05) is 12.1 Å². The van der Waals surface area contributed by atoms with Gasteiger partial charge in [-0.3, -0.25) is 9.59 Å². The average molecular weight is 332 g/mol. The largest absolute Gasteiger partial charge is 0.346 e. The second kappa shape index (κ2) is 9.37. The maximum Gasteiger partial charge on any atom is 0.223 e. The summed E-state index contributed by atoms with van der Waals surface area (Å²) in [5, 5.41) is 2.97. The lowest BCUT2D eigenvalue weighted by Gasteiger charge is -2.23. The maximum absolute atomic E-state index is 12.6. The summed E-state index contributed by atoms with van der Waals surface area (Å²) in [7, 11) is 0. The number of ketones is 1. The molecule has 6 nitrogen and oxygen atoms in total. The molecule has 2 aliphatic rings. The summed E-state index contributed by atoms with van der Waals surface area (Å²) < 4.78 is 0. The van der Waals surface area contributed by atoms with Crippen LogP contribution in [0.3, 0.4) is 0 Å². The monoisotopic (exact) mass is 332 g/mol. The highest BCUT2D eigenvalue weighted by molar-refractivity contribution is 5.92. The van der Waals surface area contributed by atoms with Crippen LogP contribution in [0.2, 0.25) is 0 Å². The standard InChI is InChI=1S/C18H28N4O2/c1-14-9-11-22(13-20-14)12-17(23)16(8-4-5-10-19)21-18(24)15-6-2-3-7-15/h9,11,13,15-16H,1-8,10,12,19H2,(H,21,24)/t16-/m0/s1. The minimum Gasteiger partial charge on any atom is -0.346 e. The lowest BCUT2D eigenvalue weighted by atomic mass is 10.0. The summed E-state index contributed by atoms with van der Waals surface area (Å²) in [5.41, 5.74) is 6.20. The van der Waals surface area contributed by atoms with Gasteiger partial charge >= 0.3 is 0 Å². The van der Waals surface area contributed by atoms with E-state index in [1.807, 2.05) is 0 Å². The zero-order valence-electron chi connectivity index (χ0n) is 14.2. The van der Waals surface area contributed by atoms with E-state index >= 15 is 0 Å². The van der Waals surface area contributed by atoms with E-state index < -0.39 is 6.04 Å². The van der Waals surface area contributed by atoms with Gasteiger partial charge in [-0.05, 0) is 44.7 Å². The molecular formula is C18H28N4O2. The highest BCUT2D eigenvalue weighted by Crippen LogP contribution is 2.25. The van der Waals surface area contributed by atoms with Crippen LogP contribution in [0.4, 0.5) is 0 Å². The number of nitrogens with one attached hydrogen (secondary N) is 1. The molecule has 6 heteroatoms. The van der Waals surface area contributed by atoms with Gasteiger partial charge in [-0.15, -0.1) is 0 Å². The molecule has 0 bridgehead atoms. The van der Waals surface area contributed by atoms with Gasteiger partial charge in [0.25, 0.3) is 0 Å². The van der Waals surface area contributed by atoms with Crippen molar-refractivity contribution in [3.05, 3.63) is 24.6 Å². The number of hydrogen-bond donors (Lipinski definition) is 2. The first kappa shape index (κ1) is 18.4. The Morgan fingerprint density at radius 2 is 2.12 bits per heavy atom. The summed E-state index contributed by atoms with van der Waals surface area (Å²) >= 11 is 0. The number of hydrogen-bond acceptors (Lipinski definition) is 5. The summed E-state index contributed by atoms with van der Waals surface area (Å²) in [6.45, 7) is 4.53. The van der Waals surface area contributed by atoms with E-state index in [2.05, 4.69) is 16.9 Å². The van der Waals surface area contributed by atoms with E-state index in [-0.39, 0.29) is 24.2 Å². The van der Waals surface area contributed by atoms with Gasteiger partial charge in [-0.2, -0.15) is 0 Å². The third-order valence-corrected chi connectivity index (χ3v) is 4.55. The molecule has 3 N–H and O–H groups in total. The molecule has 0 spiro atoms. The Morgan fingerprint density at radius 1 is 1.38 bits per heavy atom. The Labute approximate surface area is 143 Å². The van der Waals surface area contributed by atoms with Crippen molar-refractivity contribution in [2.45, 2.75) is 51.0 Å². The van der Waals surface area contributed by atoms with E-state index in [1.54, 1.807) is 23.5 Å². The molecule has 0 unspecified atom stereocenters. The molecule has 132 valence electrons. The van der Waals surface area contributed by atoms with E-state index in [1.165, 1.54) is 0 Å². The van der Waals surface area contributed by atoms with Gasteiger partial charge in [-0.25, -0.2) is 4.99 Å². The van der Waals surface area contributed by atoms with Crippen LogP contribution in [-0.2, 0) is 9.59 Å². The predicted molar refractivity (Wildman–Crippen MR) is 95.3 cm³/mol. The van der Waals surface area contributed by atoms with Crippen molar-refractivity contribution in [1.29, 1.82) is 0 Å². The molecule has 2 rings (SSSR count). The number of Topliss-reactive ketones (excluding diaryl/α,β-unsaturated/α-hetero) is 1. The van der Waals surface area contributed by atoms with Crippen molar-refractivity contribution in [1.82, 2.24) is 10.2 Å². The number of carbonyl (C=O) groups excluding carboxylic acids is 2. The Hall–Kier alpha value is -1.95. The van der Waals surface area contributed by atoms with Crippen LogP contribution in [0.1, 0.15) is 44.9 Å². The summed E-state index contributed by atoms with van der Waals surface area (Å²) in [4.78, 5) is 30.8. The number of rotatable bonds is 9. The maximum atomic E-state index is 12.6. The van der Waals surface area contributed by atoms with Crippen molar-refractivity contribution in [2.24, 2.45) is 16.6 Å². The zero-order chi connectivity index (χ0) is 17.4. The third-order valence-electron chi connectivity index (χ3n) is 4.55. The SMILES string of the molecule is C=C1C=CN(CC(=O)[C@H](CCCCN)NC(=O)C2CCCC2)C=N1. The number of amides is 1. The molecule has 0 aromatic rings. The third kappa shape index (κ3) is 5.60. The molecule has 1 saturated carbocycles. The van der Waals surface area contributed by atoms with Crippen LogP contribution in [0.15, 0.2) is 29.5 Å². The number of aliphatic imine (C=N–C) groups is 1. The molecule has 0 radical (unpaired) electrons. The fraction of sp³-hybridized carbons (Fsp3) is 0.611. The highest BCUT2D eigenvalue weighted by atomic mass is 16.2. The fourth-order valence-electron chi connectivity index (χ4n) is 3.08. The first-order valence-corrected chi connectivity index (χ1v) is 8.80. The van der Waals surface area contributed by atoms with Crippen molar-refractivity contribution >= 4 is 18.0 Å². The summed E-state index contributed by atoms with van der Waals surface area (Å²) in [5.74, 6) is 0.0892. The topological polar surface area (TPSA) is 87.8 Å². The van der Waals surface area contributed by atoms with Crippen LogP contribution < -0.4 is 11.1 Å². The minimum atomic E-state index is -0.448. The number of carbonyl (C=O) groups is 2. The van der Waals surface area contributed by atoms with E-state index in [4.69, 9.17) is 5.73 Å². The van der Waals surface area contributed by atoms with E-state index in [0.29, 0.717) is 18.7 Å². The molecule has 1 aliphatic carbocycles. The smallest absolute Gasteiger partial charge is 0.223 e. The van der Waals surface area contributed by atoms with Gasteiger partial charge in [0.15, 0.2) is 5.78 Å². The minimum absolute atomic E-state index is 0.00183. The number of unbranched alkanes of at least 4 members (excludes halogenated alkanes) is 1. The van der Waals surface area contributed by atoms with Crippen LogP contribution in [0.5, 0.6) is 0 Å². The van der Waals surface area contributed by atoms with Gasteiger partial charge in [-0.1, -0.05) is 19.4 Å². The van der Waals surface area contributed by atoms with Gasteiger partial charge in [0.2, 0.25) is 5.91 Å². The second-order valence-electron chi connectivity index (χ2n) is 6.52. The van der Waals surface area contributed by atoms with Crippen molar-refractivity contribution in [2.75, 3.05) is 13.1 Å². The Kier molecular flexibility index (Phi) is 7.18. The number of nitrogens with two attached hydrogens (primary N) is 1. The Balaban J connectivity index is 1.91. The van der Waals surface area contributed by atoms with Gasteiger partial charge in [0.1, 0.15) is 0 Å². The lowest BCUT2D eigenvalue weighted by Crippen LogP contribution is -2.46. The van der Waals surface area contributed by atoms with Crippen LogP contribution >= 0.6 is 0 Å². The van der Waals surface area contributed by atoms with E-state index in [9.17, 15) is 9.59 Å². The van der Waals surface area contributed by atoms with Crippen molar-refractivity contribution < 1.29 is 9.59 Å². The molecule has 24 heavy (non-hydrogen) atoms. The quantitative estimate of drug-likeness (QED) is 0.630. The lowest BCUT2D eigenvalue weighted by molar-refractivity contribution is -0.130. The van der Waals surface area contributed by atoms with Crippen molar-refractivity contribution in [3.63, 3.8) is 0 Å². The molecule has 0 aromatic heterocycles. The predicted octanol–water partition coefficient (Wildman–Crippen LogP) is 1.73. The Morgan fingerprint density at radius 3 is 2.75 bits per heavy atom. The summed E-state index contributed by atoms with van der Waals surface area (Å²) in [6, 6.07) is -0.448. The average Bonchev–Trinajstić information content (AvgIpc) is 3.10. The number of nitrogens with zero attached hydrogens (tertiary/aromatic N) is 2. The van der Waals surface area contributed by atoms with Crippen LogP contribution in [-0.4, -0.2) is 42.1 Å². The zero-order valence-corrected chi connectivity index (χ0v) is 14.2. The second-order valence-corrected chi connectivity index (χ2v) is 6.52. The van der Waals surface area contributed by atoms with Crippen LogP contribution in [0.25, 0.3) is 0 Å². The molecule has 1 atom stereocenters. The molecule has 0 saturated heterocycles. The molecule has 1 aliphatic heterocycles. The normalized spacial score (nSPS) is 18.9. The molecule has 1 fully saturated rings. The van der Waals surface area contributed by atoms with Crippen molar-refractivity contribution in [3.8, 4) is 0 Å². The fourth-order valence-corrected chi connectivity index (χ4v) is 3.08.